The molecule has 3 N–H and O–H groups in total. The van der Waals surface area contributed by atoms with Crippen LogP contribution in [-0.2, 0) is 9.53 Å². The molecule has 0 spiro atoms. The van der Waals surface area contributed by atoms with Crippen molar-refractivity contribution in [3.05, 3.63) is 22.4 Å². The molecule has 0 aromatic carbocycles. The van der Waals surface area contributed by atoms with Gasteiger partial charge in [-0.1, -0.05) is 0 Å². The number of nitrogens with one attached hydrogen (secondary N) is 2. The van der Waals surface area contributed by atoms with Crippen LogP contribution in [0.15, 0.2) is 16.7 Å². The maximum Gasteiger partial charge on any atom is 0.311 e. The molecule has 0 radical (unpaired) electrons. The minimum atomic E-state index is -0.919. The molecule has 1 aromatic heterocycles. The normalized spacial score (nSPS) is 17.9. The minimum absolute atomic E-state index is 0.112. The second kappa shape index (κ2) is 5.75. The molecule has 0 bridgehead atoms. The van der Waals surface area contributed by atoms with Gasteiger partial charge in [-0.15, -0.1) is 0 Å². The summed E-state index contributed by atoms with van der Waals surface area (Å²) in [6.45, 7) is 0.938. The van der Waals surface area contributed by atoms with E-state index >= 15 is 0 Å². The molecule has 0 aliphatic carbocycles. The van der Waals surface area contributed by atoms with Crippen LogP contribution in [0.25, 0.3) is 0 Å². The van der Waals surface area contributed by atoms with E-state index in [1.807, 2.05) is 0 Å². The summed E-state index contributed by atoms with van der Waals surface area (Å²) in [6.07, 6.45) is 2.48. The first-order valence-corrected chi connectivity index (χ1v) is 6.76. The van der Waals surface area contributed by atoms with Gasteiger partial charge in [-0.3, -0.25) is 9.59 Å². The fraction of sp³-hybridized carbons (Fsp3) is 0.500. The van der Waals surface area contributed by atoms with E-state index in [2.05, 4.69) is 26.2 Å². The lowest BCUT2D eigenvalue weighted by atomic mass is 9.80. The van der Waals surface area contributed by atoms with E-state index in [0.29, 0.717) is 31.7 Å². The predicted molar refractivity (Wildman–Crippen MR) is 70.9 cm³/mol. The number of halogens is 1. The number of ether oxygens (including phenoxy) is 1. The van der Waals surface area contributed by atoms with E-state index in [-0.39, 0.29) is 12.5 Å². The molecule has 7 heteroatoms. The number of carbonyl (C=O) groups is 2. The van der Waals surface area contributed by atoms with Crippen molar-refractivity contribution in [1.29, 1.82) is 0 Å². The fourth-order valence-corrected chi connectivity index (χ4v) is 2.42. The first-order valence-electron chi connectivity index (χ1n) is 5.97. The average Bonchev–Trinajstić information content (AvgIpc) is 2.83. The van der Waals surface area contributed by atoms with Crippen LogP contribution in [0.4, 0.5) is 0 Å². The van der Waals surface area contributed by atoms with Crippen molar-refractivity contribution in [2.45, 2.75) is 12.8 Å². The lowest BCUT2D eigenvalue weighted by Gasteiger charge is -2.33. The highest BCUT2D eigenvalue weighted by Crippen LogP contribution is 2.30. The number of aliphatic carboxylic acids is 1. The van der Waals surface area contributed by atoms with Crippen LogP contribution in [0, 0.1) is 5.41 Å². The summed E-state index contributed by atoms with van der Waals surface area (Å²) in [6, 6.07) is 1.65. The number of hydrogen-bond acceptors (Lipinski definition) is 3. The second-order valence-corrected chi connectivity index (χ2v) is 5.53. The maximum absolute atomic E-state index is 11.9. The minimum Gasteiger partial charge on any atom is -0.481 e. The fourth-order valence-electron chi connectivity index (χ4n) is 2.07. The molecule has 1 amide bonds. The summed E-state index contributed by atoms with van der Waals surface area (Å²) in [4.78, 5) is 26.1. The number of rotatable bonds is 4. The zero-order chi connectivity index (χ0) is 13.9. The van der Waals surface area contributed by atoms with E-state index in [9.17, 15) is 14.7 Å². The monoisotopic (exact) mass is 330 g/mol. The summed E-state index contributed by atoms with van der Waals surface area (Å²) in [5.41, 5.74) is -0.517. The Morgan fingerprint density at radius 3 is 2.68 bits per heavy atom. The van der Waals surface area contributed by atoms with Crippen molar-refractivity contribution in [1.82, 2.24) is 10.3 Å². The third-order valence-electron chi connectivity index (χ3n) is 3.38. The first kappa shape index (κ1) is 14.1. The lowest BCUT2D eigenvalue weighted by molar-refractivity contribution is -0.154. The van der Waals surface area contributed by atoms with E-state index in [0.717, 1.165) is 4.47 Å². The van der Waals surface area contributed by atoms with Crippen LogP contribution < -0.4 is 5.32 Å². The van der Waals surface area contributed by atoms with Crippen LogP contribution >= 0.6 is 15.9 Å². The van der Waals surface area contributed by atoms with Gasteiger partial charge in [0, 0.05) is 30.4 Å². The Balaban J connectivity index is 1.99. The van der Waals surface area contributed by atoms with Crippen molar-refractivity contribution in [2.24, 2.45) is 5.41 Å². The largest absolute Gasteiger partial charge is 0.481 e. The van der Waals surface area contributed by atoms with E-state index in [1.54, 1.807) is 12.3 Å². The molecule has 2 heterocycles. The number of amides is 1. The highest BCUT2D eigenvalue weighted by molar-refractivity contribution is 9.10. The third kappa shape index (κ3) is 3.16. The summed E-state index contributed by atoms with van der Waals surface area (Å²) >= 11 is 3.24. The van der Waals surface area contributed by atoms with Crippen LogP contribution in [-0.4, -0.2) is 41.7 Å². The molecule has 1 aliphatic rings. The highest BCUT2D eigenvalue weighted by Gasteiger charge is 2.40. The third-order valence-corrected chi connectivity index (χ3v) is 3.84. The molecule has 19 heavy (non-hydrogen) atoms. The second-order valence-electron chi connectivity index (χ2n) is 4.61. The van der Waals surface area contributed by atoms with Gasteiger partial charge in [-0.25, -0.2) is 0 Å². The van der Waals surface area contributed by atoms with E-state index in [1.165, 1.54) is 0 Å². The summed E-state index contributed by atoms with van der Waals surface area (Å²) < 4.78 is 5.96. The highest BCUT2D eigenvalue weighted by atomic mass is 79.9. The number of carboxylic acid groups (broad SMARTS) is 1. The molecule has 1 aromatic rings. The number of aromatic nitrogens is 1. The number of carbonyl (C=O) groups excluding carboxylic acids is 1. The molecular weight excluding hydrogens is 316 g/mol. The van der Waals surface area contributed by atoms with Crippen molar-refractivity contribution in [3.8, 4) is 0 Å². The maximum atomic E-state index is 11.9. The van der Waals surface area contributed by atoms with Crippen molar-refractivity contribution < 1.29 is 19.4 Å². The first-order chi connectivity index (χ1) is 9.03. The average molecular weight is 331 g/mol. The Labute approximate surface area is 118 Å². The van der Waals surface area contributed by atoms with Crippen LogP contribution in [0.1, 0.15) is 23.3 Å². The number of H-pyrrole nitrogens is 1. The number of aromatic amines is 1. The van der Waals surface area contributed by atoms with Crippen molar-refractivity contribution in [2.75, 3.05) is 19.8 Å². The van der Waals surface area contributed by atoms with Gasteiger partial charge < -0.3 is 20.1 Å². The standard InChI is InChI=1S/C12H15BrN2O4/c13-8-5-9(14-6-8)10(16)15-7-12(11(17)18)1-3-19-4-2-12/h5-6,14H,1-4,7H2,(H,15,16)(H,17,18). The Morgan fingerprint density at radius 2 is 2.16 bits per heavy atom. The van der Waals surface area contributed by atoms with Gasteiger partial charge in [0.15, 0.2) is 0 Å². The Morgan fingerprint density at radius 1 is 1.47 bits per heavy atom. The quantitative estimate of drug-likeness (QED) is 0.777. The van der Waals surface area contributed by atoms with Crippen LogP contribution in [0.3, 0.4) is 0 Å². The summed E-state index contributed by atoms with van der Waals surface area (Å²) in [5.74, 6) is -1.19. The molecule has 104 valence electrons. The van der Waals surface area contributed by atoms with Gasteiger partial charge in [0.05, 0.1) is 5.41 Å². The summed E-state index contributed by atoms with van der Waals surface area (Å²) in [7, 11) is 0. The molecule has 6 nitrogen and oxygen atoms in total. The lowest BCUT2D eigenvalue weighted by Crippen LogP contribution is -2.46. The zero-order valence-electron chi connectivity index (χ0n) is 10.2. The van der Waals surface area contributed by atoms with Crippen molar-refractivity contribution >= 4 is 27.8 Å². The van der Waals surface area contributed by atoms with Gasteiger partial charge in [0.25, 0.3) is 5.91 Å². The molecule has 1 saturated heterocycles. The predicted octanol–water partition coefficient (Wildman–Crippen LogP) is 1.39. The van der Waals surface area contributed by atoms with Gasteiger partial charge in [-0.05, 0) is 34.8 Å². The Kier molecular flexibility index (Phi) is 4.26. The smallest absolute Gasteiger partial charge is 0.311 e. The van der Waals surface area contributed by atoms with Gasteiger partial charge in [0.2, 0.25) is 0 Å². The molecule has 0 unspecified atom stereocenters. The van der Waals surface area contributed by atoms with Gasteiger partial charge in [-0.2, -0.15) is 0 Å². The zero-order valence-corrected chi connectivity index (χ0v) is 11.8. The molecular formula is C12H15BrN2O4. The number of hydrogen-bond donors (Lipinski definition) is 3. The van der Waals surface area contributed by atoms with Gasteiger partial charge >= 0.3 is 5.97 Å². The topological polar surface area (TPSA) is 91.4 Å². The van der Waals surface area contributed by atoms with E-state index < -0.39 is 11.4 Å². The molecule has 0 saturated carbocycles. The molecule has 2 rings (SSSR count). The summed E-state index contributed by atoms with van der Waals surface area (Å²) in [5, 5.41) is 12.0. The molecule has 0 atom stereocenters. The Hall–Kier alpha value is -1.34. The van der Waals surface area contributed by atoms with Crippen molar-refractivity contribution in [3.63, 3.8) is 0 Å². The molecule has 1 aliphatic heterocycles. The van der Waals surface area contributed by atoms with E-state index in [4.69, 9.17) is 4.74 Å². The SMILES string of the molecule is O=C(NCC1(C(=O)O)CCOCC1)c1cc(Br)c[nH]1. The molecule has 1 fully saturated rings. The van der Waals surface area contributed by atoms with Crippen LogP contribution in [0.5, 0.6) is 0 Å². The van der Waals surface area contributed by atoms with Gasteiger partial charge in [0.1, 0.15) is 5.69 Å². The van der Waals surface area contributed by atoms with Crippen LogP contribution in [0.2, 0.25) is 0 Å². The number of carboxylic acids is 1. The Bertz CT molecular complexity index is 480.